The summed E-state index contributed by atoms with van der Waals surface area (Å²) in [4.78, 5) is 21.6. The van der Waals surface area contributed by atoms with Crippen molar-refractivity contribution in [1.82, 2.24) is 19.2 Å². The molecule has 1 saturated heterocycles. The summed E-state index contributed by atoms with van der Waals surface area (Å²) in [7, 11) is -3.59. The third kappa shape index (κ3) is 6.13. The van der Waals surface area contributed by atoms with Crippen LogP contribution in [0.4, 0.5) is 23.0 Å². The number of hydrogen-bond donors (Lipinski definition) is 2. The van der Waals surface area contributed by atoms with Crippen molar-refractivity contribution < 1.29 is 18.1 Å². The van der Waals surface area contributed by atoms with Gasteiger partial charge in [0, 0.05) is 45.0 Å². The summed E-state index contributed by atoms with van der Waals surface area (Å²) in [6.07, 6.45) is 1.24. The molecule has 13 heteroatoms. The summed E-state index contributed by atoms with van der Waals surface area (Å²) in [6, 6.07) is 6.02. The molecule has 0 saturated carbocycles. The molecule has 1 fully saturated rings. The van der Waals surface area contributed by atoms with Crippen molar-refractivity contribution in [2.45, 2.75) is 18.7 Å². The number of morpholine rings is 1. The molecule has 3 rings (SSSR count). The Morgan fingerprint density at radius 1 is 1.12 bits per heavy atom. The zero-order valence-electron chi connectivity index (χ0n) is 18.7. The van der Waals surface area contributed by atoms with E-state index < -0.39 is 14.9 Å². The van der Waals surface area contributed by atoms with E-state index in [0.717, 1.165) is 13.1 Å². The second-order valence-electron chi connectivity index (χ2n) is 7.30. The van der Waals surface area contributed by atoms with Crippen molar-refractivity contribution >= 4 is 33.0 Å². The average molecular weight is 480 g/mol. The molecule has 0 atom stereocenters. The van der Waals surface area contributed by atoms with Gasteiger partial charge in [-0.1, -0.05) is 13.8 Å². The number of nitrogens with zero attached hydrogens (tertiary/aromatic N) is 5. The normalized spacial score (nSPS) is 14.9. The van der Waals surface area contributed by atoms with Crippen LogP contribution in [0, 0.1) is 10.1 Å². The van der Waals surface area contributed by atoms with Gasteiger partial charge in [-0.15, -0.1) is 0 Å². The van der Waals surface area contributed by atoms with Gasteiger partial charge >= 0.3 is 5.69 Å². The lowest BCUT2D eigenvalue weighted by molar-refractivity contribution is -0.383. The Labute approximate surface area is 193 Å². The van der Waals surface area contributed by atoms with Crippen molar-refractivity contribution in [3.05, 3.63) is 40.7 Å². The van der Waals surface area contributed by atoms with Gasteiger partial charge in [0.2, 0.25) is 21.7 Å². The van der Waals surface area contributed by atoms with Gasteiger partial charge in [-0.3, -0.25) is 15.0 Å². The number of nitro groups is 1. The summed E-state index contributed by atoms with van der Waals surface area (Å²) in [5, 5.41) is 17.7. The van der Waals surface area contributed by atoms with Crippen LogP contribution in [0.15, 0.2) is 35.5 Å². The number of aromatic nitrogens is 2. The predicted octanol–water partition coefficient (Wildman–Crippen LogP) is 1.90. The number of hydrogen-bond acceptors (Lipinski definition) is 10. The van der Waals surface area contributed by atoms with Crippen LogP contribution in [-0.4, -0.2) is 85.0 Å². The van der Waals surface area contributed by atoms with E-state index in [4.69, 9.17) is 4.74 Å². The van der Waals surface area contributed by atoms with Crippen molar-refractivity contribution in [2.75, 3.05) is 63.1 Å². The van der Waals surface area contributed by atoms with Gasteiger partial charge in [0.25, 0.3) is 0 Å². The highest BCUT2D eigenvalue weighted by atomic mass is 32.2. The molecule has 33 heavy (non-hydrogen) atoms. The van der Waals surface area contributed by atoms with Crippen LogP contribution in [0.1, 0.15) is 13.8 Å². The SMILES string of the molecule is CCN(CC)S(=O)(=O)c1ccc(Nc2ncnc(NCCN3CCOCC3)c2[N+](=O)[O-])cc1. The van der Waals surface area contributed by atoms with Gasteiger partial charge in [0.15, 0.2) is 0 Å². The van der Waals surface area contributed by atoms with E-state index >= 15 is 0 Å². The molecule has 1 aromatic carbocycles. The minimum Gasteiger partial charge on any atom is -0.379 e. The molecule has 0 radical (unpaired) electrons. The molecule has 1 aliphatic heterocycles. The van der Waals surface area contributed by atoms with Crippen LogP contribution < -0.4 is 10.6 Å². The number of benzene rings is 1. The van der Waals surface area contributed by atoms with Crippen molar-refractivity contribution in [3.8, 4) is 0 Å². The van der Waals surface area contributed by atoms with E-state index in [1.54, 1.807) is 26.0 Å². The molecule has 180 valence electrons. The molecule has 1 aromatic heterocycles. The fraction of sp³-hybridized carbons (Fsp3) is 0.500. The van der Waals surface area contributed by atoms with E-state index in [9.17, 15) is 18.5 Å². The fourth-order valence-electron chi connectivity index (χ4n) is 3.49. The molecule has 1 aliphatic rings. The minimum absolute atomic E-state index is 0.0169. The van der Waals surface area contributed by atoms with Gasteiger partial charge in [0.05, 0.1) is 23.0 Å². The Balaban J connectivity index is 1.73. The highest BCUT2D eigenvalue weighted by Gasteiger charge is 2.24. The van der Waals surface area contributed by atoms with Gasteiger partial charge in [-0.2, -0.15) is 4.31 Å². The second-order valence-corrected chi connectivity index (χ2v) is 9.23. The first kappa shape index (κ1) is 24.8. The third-order valence-corrected chi connectivity index (χ3v) is 7.35. The van der Waals surface area contributed by atoms with E-state index in [-0.39, 0.29) is 22.2 Å². The molecule has 0 amide bonds. The molecule has 0 unspecified atom stereocenters. The quantitative estimate of drug-likeness (QED) is 0.362. The van der Waals surface area contributed by atoms with Crippen LogP contribution >= 0.6 is 0 Å². The number of sulfonamides is 1. The van der Waals surface area contributed by atoms with Gasteiger partial charge in [0.1, 0.15) is 6.33 Å². The lowest BCUT2D eigenvalue weighted by atomic mass is 10.3. The smallest absolute Gasteiger partial charge is 0.353 e. The lowest BCUT2D eigenvalue weighted by Gasteiger charge is -2.26. The van der Waals surface area contributed by atoms with E-state index in [0.29, 0.717) is 45.1 Å². The molecule has 0 spiro atoms. The highest BCUT2D eigenvalue weighted by Crippen LogP contribution is 2.31. The van der Waals surface area contributed by atoms with Crippen LogP contribution in [0.2, 0.25) is 0 Å². The van der Waals surface area contributed by atoms with Crippen molar-refractivity contribution in [3.63, 3.8) is 0 Å². The summed E-state index contributed by atoms with van der Waals surface area (Å²) in [6.45, 7) is 8.47. The van der Waals surface area contributed by atoms with Gasteiger partial charge < -0.3 is 15.4 Å². The monoisotopic (exact) mass is 479 g/mol. The Morgan fingerprint density at radius 2 is 1.76 bits per heavy atom. The molecule has 0 aliphatic carbocycles. The van der Waals surface area contributed by atoms with E-state index in [1.165, 1.54) is 22.8 Å². The summed E-state index contributed by atoms with van der Waals surface area (Å²) < 4.78 is 32.0. The molecule has 2 heterocycles. The zero-order chi connectivity index (χ0) is 23.8. The van der Waals surface area contributed by atoms with Crippen LogP contribution in [0.25, 0.3) is 0 Å². The maximum Gasteiger partial charge on any atom is 0.353 e. The average Bonchev–Trinajstić information content (AvgIpc) is 2.81. The summed E-state index contributed by atoms with van der Waals surface area (Å²) >= 11 is 0. The summed E-state index contributed by atoms with van der Waals surface area (Å²) in [5.41, 5.74) is 0.189. The number of rotatable bonds is 11. The van der Waals surface area contributed by atoms with Crippen LogP contribution in [-0.2, 0) is 14.8 Å². The topological polar surface area (TPSA) is 143 Å². The van der Waals surface area contributed by atoms with Gasteiger partial charge in [-0.25, -0.2) is 18.4 Å². The fourth-order valence-corrected chi connectivity index (χ4v) is 4.95. The zero-order valence-corrected chi connectivity index (χ0v) is 19.5. The number of anilines is 3. The Morgan fingerprint density at radius 3 is 2.36 bits per heavy atom. The molecular formula is C20H29N7O5S. The molecule has 0 bridgehead atoms. The molecule has 2 N–H and O–H groups in total. The Hall–Kier alpha value is -2.87. The predicted molar refractivity (Wildman–Crippen MR) is 124 cm³/mol. The van der Waals surface area contributed by atoms with E-state index in [1.807, 2.05) is 0 Å². The maximum absolute atomic E-state index is 12.6. The number of nitrogens with one attached hydrogen (secondary N) is 2. The first-order valence-electron chi connectivity index (χ1n) is 10.8. The van der Waals surface area contributed by atoms with Crippen LogP contribution in [0.3, 0.4) is 0 Å². The second kappa shape index (κ2) is 11.3. The van der Waals surface area contributed by atoms with Crippen molar-refractivity contribution in [1.29, 1.82) is 0 Å². The van der Waals surface area contributed by atoms with E-state index in [2.05, 4.69) is 25.5 Å². The number of ether oxygens (including phenoxy) is 1. The highest BCUT2D eigenvalue weighted by molar-refractivity contribution is 7.89. The minimum atomic E-state index is -3.59. The largest absolute Gasteiger partial charge is 0.379 e. The Bertz CT molecular complexity index is 1040. The first-order valence-corrected chi connectivity index (χ1v) is 12.2. The lowest BCUT2D eigenvalue weighted by Crippen LogP contribution is -2.39. The van der Waals surface area contributed by atoms with Crippen molar-refractivity contribution in [2.24, 2.45) is 0 Å². The van der Waals surface area contributed by atoms with Crippen LogP contribution in [0.5, 0.6) is 0 Å². The maximum atomic E-state index is 12.6. The molecule has 2 aromatic rings. The standard InChI is InChI=1S/C20H29N7O5S/c1-3-26(4-2)33(30,31)17-7-5-16(6-8-17)24-20-18(27(28)29)19(22-15-23-20)21-9-10-25-11-13-32-14-12-25/h5-8,15H,3-4,9-14H2,1-2H3,(H2,21,22,23,24). The Kier molecular flexibility index (Phi) is 8.49. The van der Waals surface area contributed by atoms with Gasteiger partial charge in [-0.05, 0) is 24.3 Å². The first-order chi connectivity index (χ1) is 15.9. The summed E-state index contributed by atoms with van der Waals surface area (Å²) in [5.74, 6) is 0.134. The molecular weight excluding hydrogens is 450 g/mol. The third-order valence-electron chi connectivity index (χ3n) is 5.29. The molecule has 12 nitrogen and oxygen atoms in total.